The molecule has 0 aromatic heterocycles. The molecule has 5 nitrogen and oxygen atoms in total. The summed E-state index contributed by atoms with van der Waals surface area (Å²) in [5, 5.41) is 4.00. The summed E-state index contributed by atoms with van der Waals surface area (Å²) in [6.07, 6.45) is 0. The van der Waals surface area contributed by atoms with Gasteiger partial charge in [0.1, 0.15) is 6.04 Å². The molecule has 1 unspecified atom stereocenters. The maximum absolute atomic E-state index is 12.3. The van der Waals surface area contributed by atoms with Crippen molar-refractivity contribution < 1.29 is 25.3 Å². The Balaban J connectivity index is 2.98. The van der Waals surface area contributed by atoms with Crippen LogP contribution in [0.1, 0.15) is 23.4 Å². The van der Waals surface area contributed by atoms with Crippen molar-refractivity contribution in [2.24, 2.45) is 0 Å². The molecule has 0 spiro atoms. The van der Waals surface area contributed by atoms with Crippen molar-refractivity contribution in [2.45, 2.75) is 19.4 Å². The molecule has 0 aliphatic heterocycles. The fraction of sp³-hybridized carbons (Fsp3) is 0.385. The van der Waals surface area contributed by atoms with Crippen LogP contribution in [0, 0.1) is 0 Å². The number of carbonyl (C=O) groups excluding carboxylic acids is 2. The molecule has 0 fully saturated rings. The topological polar surface area (TPSA) is 67.4 Å². The molecule has 2 amide bonds. The summed E-state index contributed by atoms with van der Waals surface area (Å²) < 4.78 is 61.6. The number of amides is 2. The van der Waals surface area contributed by atoms with Gasteiger partial charge in [0.05, 0.1) is 13.4 Å². The average molecular weight is 258 g/mol. The summed E-state index contributed by atoms with van der Waals surface area (Å²) in [6.45, 7) is -6.40. The molecule has 0 saturated heterocycles. The van der Waals surface area contributed by atoms with E-state index < -0.39 is 38.3 Å². The smallest absolute Gasteiger partial charge is 0.245 e. The molecule has 1 rings (SSSR count). The Morgan fingerprint density at radius 2 is 2.22 bits per heavy atom. The minimum absolute atomic E-state index is 0.0519. The van der Waals surface area contributed by atoms with Gasteiger partial charge < -0.3 is 15.4 Å². The van der Waals surface area contributed by atoms with E-state index in [0.29, 0.717) is 5.56 Å². The van der Waals surface area contributed by atoms with E-state index in [0.717, 1.165) is 0 Å². The van der Waals surface area contributed by atoms with Crippen LogP contribution < -0.4 is 10.6 Å². The first kappa shape index (κ1) is 6.33. The van der Waals surface area contributed by atoms with Crippen LogP contribution in [-0.2, 0) is 20.9 Å². The van der Waals surface area contributed by atoms with Gasteiger partial charge in [0.15, 0.2) is 0 Å². The van der Waals surface area contributed by atoms with Crippen LogP contribution in [0.2, 0.25) is 0 Å². The molecule has 0 saturated carbocycles. The van der Waals surface area contributed by atoms with E-state index >= 15 is 0 Å². The predicted octanol–water partition coefficient (Wildman–Crippen LogP) is 0.454. The van der Waals surface area contributed by atoms with Gasteiger partial charge in [0.2, 0.25) is 11.8 Å². The lowest BCUT2D eigenvalue weighted by atomic mass is 10.2. The van der Waals surface area contributed by atoms with Crippen molar-refractivity contribution in [3.63, 3.8) is 0 Å². The minimum atomic E-state index is -3.22. The van der Waals surface area contributed by atoms with Crippen molar-refractivity contribution in [1.29, 1.82) is 0 Å². The Hall–Kier alpha value is -1.88. The number of hydrogen-bond acceptors (Lipinski definition) is 3. The molecule has 1 aromatic carbocycles. The van der Waals surface area contributed by atoms with Gasteiger partial charge in [0.25, 0.3) is 0 Å². The first-order valence-electron chi connectivity index (χ1n) is 9.05. The van der Waals surface area contributed by atoms with Crippen LogP contribution in [0.15, 0.2) is 30.3 Å². The largest absolute Gasteiger partial charge is 0.382 e. The molecule has 98 valence electrons. The predicted molar refractivity (Wildman–Crippen MR) is 67.8 cm³/mol. The maximum atomic E-state index is 12.3. The van der Waals surface area contributed by atoms with Gasteiger partial charge in [-0.1, -0.05) is 30.3 Å². The van der Waals surface area contributed by atoms with E-state index in [4.69, 9.17) is 11.0 Å². The standard InChI is InChI=1S/C13H18N2O3/c1-10(16)15-12(9-18-2)13(17)14-8-11-6-4-3-5-7-11/h3-7,12H,8-9H2,1-2H3,(H,14,17)(H,15,16)/i1D3,2D3,9D2. The van der Waals surface area contributed by atoms with E-state index in [1.807, 2.05) is 0 Å². The molecule has 0 aliphatic carbocycles. The molecule has 0 bridgehead atoms. The summed E-state index contributed by atoms with van der Waals surface area (Å²) in [7, 11) is -3.22. The molecule has 1 aromatic rings. The molecule has 0 heterocycles. The highest BCUT2D eigenvalue weighted by molar-refractivity contribution is 5.86. The summed E-state index contributed by atoms with van der Waals surface area (Å²) >= 11 is 0. The van der Waals surface area contributed by atoms with E-state index in [9.17, 15) is 9.59 Å². The number of methoxy groups -OCH3 is 1. The fourth-order valence-corrected chi connectivity index (χ4v) is 1.23. The average Bonchev–Trinajstić information content (AvgIpc) is 2.47. The van der Waals surface area contributed by atoms with Crippen molar-refractivity contribution >= 4 is 11.8 Å². The maximum Gasteiger partial charge on any atom is 0.245 e. The summed E-state index contributed by atoms with van der Waals surface area (Å²) in [6, 6.07) is 6.29. The van der Waals surface area contributed by atoms with Crippen LogP contribution in [0.5, 0.6) is 0 Å². The van der Waals surface area contributed by atoms with Crippen molar-refractivity contribution in [3.8, 4) is 0 Å². The third-order valence-corrected chi connectivity index (χ3v) is 2.02. The number of rotatable bonds is 6. The summed E-state index contributed by atoms with van der Waals surface area (Å²) in [4.78, 5) is 23.9. The van der Waals surface area contributed by atoms with Gasteiger partial charge in [-0.05, 0) is 5.56 Å². The van der Waals surface area contributed by atoms with Crippen LogP contribution in [-0.4, -0.2) is 31.5 Å². The first-order valence-corrected chi connectivity index (χ1v) is 5.05. The lowest BCUT2D eigenvalue weighted by Gasteiger charge is -2.16. The van der Waals surface area contributed by atoms with E-state index in [1.165, 1.54) is 0 Å². The van der Waals surface area contributed by atoms with Crippen LogP contribution in [0.25, 0.3) is 0 Å². The van der Waals surface area contributed by atoms with Gasteiger partial charge in [-0.3, -0.25) is 9.59 Å². The normalized spacial score (nSPS) is 20.4. The van der Waals surface area contributed by atoms with Crippen LogP contribution >= 0.6 is 0 Å². The molecule has 1 atom stereocenters. The lowest BCUT2D eigenvalue weighted by molar-refractivity contribution is -0.129. The third kappa shape index (κ3) is 4.97. The Morgan fingerprint density at radius 1 is 1.44 bits per heavy atom. The van der Waals surface area contributed by atoms with Crippen molar-refractivity contribution in [2.75, 3.05) is 13.6 Å². The number of hydrogen-bond donors (Lipinski definition) is 2. The van der Waals surface area contributed by atoms with Gasteiger partial charge in [-0.2, -0.15) is 0 Å². The van der Waals surface area contributed by atoms with Crippen LogP contribution in [0.3, 0.4) is 0 Å². The van der Waals surface area contributed by atoms with E-state index in [-0.39, 0.29) is 6.54 Å². The molecular weight excluding hydrogens is 232 g/mol. The summed E-state index contributed by atoms with van der Waals surface area (Å²) in [5.74, 6) is -2.75. The van der Waals surface area contributed by atoms with Crippen LogP contribution in [0.4, 0.5) is 0 Å². The Morgan fingerprint density at radius 3 is 2.89 bits per heavy atom. The lowest BCUT2D eigenvalue weighted by Crippen LogP contribution is -2.48. The monoisotopic (exact) mass is 258 g/mol. The Labute approximate surface area is 118 Å². The zero-order valence-electron chi connectivity index (χ0n) is 17.4. The zero-order valence-corrected chi connectivity index (χ0v) is 9.40. The molecule has 0 radical (unpaired) electrons. The fourth-order valence-electron chi connectivity index (χ4n) is 1.23. The second-order valence-corrected chi connectivity index (χ2v) is 3.33. The molecule has 2 N–H and O–H groups in total. The highest BCUT2D eigenvalue weighted by atomic mass is 16.5. The number of nitrogens with one attached hydrogen (secondary N) is 2. The first-order chi connectivity index (χ1) is 11.7. The Bertz CT molecular complexity index is 631. The van der Waals surface area contributed by atoms with Crippen molar-refractivity contribution in [3.05, 3.63) is 35.9 Å². The molecule has 18 heavy (non-hydrogen) atoms. The minimum Gasteiger partial charge on any atom is -0.382 e. The summed E-state index contributed by atoms with van der Waals surface area (Å²) in [5.41, 5.74) is 0.652. The third-order valence-electron chi connectivity index (χ3n) is 2.02. The molecule has 5 heteroatoms. The van der Waals surface area contributed by atoms with Gasteiger partial charge in [0, 0.05) is 24.5 Å². The highest BCUT2D eigenvalue weighted by Crippen LogP contribution is 1.97. The number of benzene rings is 1. The number of ether oxygens (including phenoxy) is 1. The Kier molecular flexibility index (Phi) is 2.62. The van der Waals surface area contributed by atoms with E-state index in [1.54, 1.807) is 35.6 Å². The van der Waals surface area contributed by atoms with Gasteiger partial charge >= 0.3 is 0 Å². The molecular formula is C13H18N2O3. The van der Waals surface area contributed by atoms with Gasteiger partial charge in [-0.15, -0.1) is 0 Å². The van der Waals surface area contributed by atoms with Crippen molar-refractivity contribution in [1.82, 2.24) is 10.6 Å². The zero-order chi connectivity index (χ0) is 20.2. The highest BCUT2D eigenvalue weighted by Gasteiger charge is 2.18. The second-order valence-electron chi connectivity index (χ2n) is 3.33. The quantitative estimate of drug-likeness (QED) is 0.778. The van der Waals surface area contributed by atoms with Gasteiger partial charge in [-0.25, -0.2) is 0 Å². The second kappa shape index (κ2) is 7.45. The SMILES string of the molecule is [2H]C([2H])([2H])OC([2H])([2H])C(NC(=O)C([2H])([2H])[2H])C(=O)NCc1ccccc1. The van der Waals surface area contributed by atoms with E-state index in [2.05, 4.69) is 10.1 Å². The molecule has 0 aliphatic rings. The number of carbonyl (C=O) groups is 2.